The van der Waals surface area contributed by atoms with E-state index in [0.717, 1.165) is 12.8 Å². The summed E-state index contributed by atoms with van der Waals surface area (Å²) < 4.78 is 19.1. The molecule has 3 heterocycles. The van der Waals surface area contributed by atoms with Gasteiger partial charge >= 0.3 is 0 Å². The molecule has 0 spiro atoms. The number of anilines is 1. The third kappa shape index (κ3) is 4.48. The van der Waals surface area contributed by atoms with Crippen molar-refractivity contribution in [3.63, 3.8) is 0 Å². The van der Waals surface area contributed by atoms with Crippen LogP contribution in [0.25, 0.3) is 11.6 Å². The fraction of sp³-hybridized carbons (Fsp3) is 0.423. The predicted octanol–water partition coefficient (Wildman–Crippen LogP) is 3.02. The lowest BCUT2D eigenvalue weighted by Gasteiger charge is -2.29. The van der Waals surface area contributed by atoms with Gasteiger partial charge in [0.05, 0.1) is 24.4 Å². The first-order valence-electron chi connectivity index (χ1n) is 12.0. The van der Waals surface area contributed by atoms with E-state index in [9.17, 15) is 18.8 Å². The third-order valence-electron chi connectivity index (χ3n) is 7.20. The predicted molar refractivity (Wildman–Crippen MR) is 129 cm³/mol. The third-order valence-corrected chi connectivity index (χ3v) is 7.20. The summed E-state index contributed by atoms with van der Waals surface area (Å²) >= 11 is 0. The van der Waals surface area contributed by atoms with Crippen molar-refractivity contribution in [1.82, 2.24) is 15.2 Å². The molecule has 2 aromatic rings. The Hall–Kier alpha value is -3.46. The van der Waals surface area contributed by atoms with Crippen LogP contribution in [0.2, 0.25) is 0 Å². The molecule has 1 saturated heterocycles. The van der Waals surface area contributed by atoms with E-state index in [4.69, 9.17) is 4.74 Å². The molecule has 3 N–H and O–H groups in total. The summed E-state index contributed by atoms with van der Waals surface area (Å²) in [4.78, 5) is 43.5. The molecule has 8 nitrogen and oxygen atoms in total. The van der Waals surface area contributed by atoms with Crippen LogP contribution in [0.4, 0.5) is 10.1 Å². The van der Waals surface area contributed by atoms with Crippen LogP contribution in [0.5, 0.6) is 0 Å². The Kier molecular flexibility index (Phi) is 6.19. The smallest absolute Gasteiger partial charge is 0.256 e. The van der Waals surface area contributed by atoms with Crippen molar-refractivity contribution in [2.45, 2.75) is 39.2 Å². The highest BCUT2D eigenvalue weighted by molar-refractivity contribution is 6.34. The largest absolute Gasteiger partial charge is 0.378 e. The number of aromatic nitrogens is 1. The minimum absolute atomic E-state index is 0.0662. The van der Waals surface area contributed by atoms with E-state index in [1.165, 1.54) is 18.2 Å². The van der Waals surface area contributed by atoms with Crippen LogP contribution in [0, 0.1) is 25.6 Å². The fourth-order valence-corrected chi connectivity index (χ4v) is 5.34. The highest BCUT2D eigenvalue weighted by atomic mass is 19.1. The van der Waals surface area contributed by atoms with Crippen LogP contribution < -0.4 is 10.6 Å². The lowest BCUT2D eigenvalue weighted by molar-refractivity contribution is -0.139. The molecule has 1 aromatic carbocycles. The zero-order valence-electron chi connectivity index (χ0n) is 19.9. The summed E-state index contributed by atoms with van der Waals surface area (Å²) in [6.45, 7) is 6.04. The van der Waals surface area contributed by atoms with Crippen LogP contribution in [-0.4, -0.2) is 60.0 Å². The lowest BCUT2D eigenvalue weighted by atomic mass is 10.0. The number of rotatable bonds is 4. The van der Waals surface area contributed by atoms with Crippen LogP contribution in [0.3, 0.4) is 0 Å². The van der Waals surface area contributed by atoms with Crippen molar-refractivity contribution >= 4 is 35.1 Å². The van der Waals surface area contributed by atoms with Crippen LogP contribution in [0.15, 0.2) is 18.2 Å². The number of benzene rings is 1. The summed E-state index contributed by atoms with van der Waals surface area (Å²) in [5.74, 6) is -0.863. The molecule has 2 aliphatic heterocycles. The average Bonchev–Trinajstić information content (AvgIpc) is 3.50. The minimum atomic E-state index is -0.424. The quantitative estimate of drug-likeness (QED) is 0.586. The SMILES string of the molecule is Cc1[nH]c(C=C2C(=O)Nc3ccc(F)cc32)c(C)c1C(=O)N[C@@H]1CC[C@H](C(=O)N2CCOCC2)C1. The van der Waals surface area contributed by atoms with E-state index in [1.807, 2.05) is 18.7 Å². The van der Waals surface area contributed by atoms with Gasteiger partial charge in [-0.05, 0) is 62.9 Å². The molecule has 1 aliphatic carbocycles. The number of hydrogen-bond acceptors (Lipinski definition) is 4. The number of nitrogens with zero attached hydrogens (tertiary/aromatic N) is 1. The second-order valence-electron chi connectivity index (χ2n) is 9.48. The molecule has 9 heteroatoms. The number of halogens is 1. The Morgan fingerprint density at radius 1 is 1.20 bits per heavy atom. The zero-order chi connectivity index (χ0) is 24.7. The molecular formula is C26H29FN4O4. The Bertz CT molecular complexity index is 1230. The molecule has 1 saturated carbocycles. The van der Waals surface area contributed by atoms with Crippen LogP contribution in [0.1, 0.15) is 52.1 Å². The van der Waals surface area contributed by atoms with Crippen molar-refractivity contribution in [2.75, 3.05) is 31.6 Å². The molecule has 0 unspecified atom stereocenters. The van der Waals surface area contributed by atoms with Gasteiger partial charge in [-0.2, -0.15) is 0 Å². The molecule has 5 rings (SSSR count). The maximum atomic E-state index is 13.8. The summed E-state index contributed by atoms with van der Waals surface area (Å²) in [5.41, 5.74) is 3.95. The van der Waals surface area contributed by atoms with E-state index in [2.05, 4.69) is 15.6 Å². The van der Waals surface area contributed by atoms with Gasteiger partial charge in [-0.3, -0.25) is 14.4 Å². The van der Waals surface area contributed by atoms with E-state index in [-0.39, 0.29) is 29.7 Å². The highest BCUT2D eigenvalue weighted by Crippen LogP contribution is 2.34. The Balaban J connectivity index is 1.30. The first-order valence-corrected chi connectivity index (χ1v) is 12.0. The van der Waals surface area contributed by atoms with Crippen LogP contribution in [-0.2, 0) is 14.3 Å². The number of hydrogen-bond donors (Lipinski definition) is 3. The number of morpholine rings is 1. The van der Waals surface area contributed by atoms with Crippen molar-refractivity contribution in [3.05, 3.63) is 52.1 Å². The molecule has 184 valence electrons. The van der Waals surface area contributed by atoms with Crippen molar-refractivity contribution < 1.29 is 23.5 Å². The molecule has 2 atom stereocenters. The van der Waals surface area contributed by atoms with Gasteiger partial charge in [0.2, 0.25) is 5.91 Å². The summed E-state index contributed by atoms with van der Waals surface area (Å²) in [7, 11) is 0. The van der Waals surface area contributed by atoms with Gasteiger partial charge < -0.3 is 25.3 Å². The van der Waals surface area contributed by atoms with E-state index < -0.39 is 5.82 Å². The molecule has 3 amide bonds. The van der Waals surface area contributed by atoms with Crippen molar-refractivity contribution in [1.29, 1.82) is 0 Å². The Morgan fingerprint density at radius 3 is 2.74 bits per heavy atom. The second-order valence-corrected chi connectivity index (χ2v) is 9.48. The number of aromatic amines is 1. The van der Waals surface area contributed by atoms with Gasteiger partial charge in [-0.15, -0.1) is 0 Å². The highest BCUT2D eigenvalue weighted by Gasteiger charge is 2.34. The number of amides is 3. The summed E-state index contributed by atoms with van der Waals surface area (Å²) in [6, 6.07) is 4.10. The first kappa shape index (κ1) is 23.3. The number of carbonyl (C=O) groups excluding carboxylic acids is 3. The number of H-pyrrole nitrogens is 1. The van der Waals surface area contributed by atoms with E-state index in [1.54, 1.807) is 6.08 Å². The molecular weight excluding hydrogens is 451 g/mol. The van der Waals surface area contributed by atoms with Crippen LogP contribution >= 0.6 is 0 Å². The van der Waals surface area contributed by atoms with Crippen molar-refractivity contribution in [3.8, 4) is 0 Å². The van der Waals surface area contributed by atoms with Crippen molar-refractivity contribution in [2.24, 2.45) is 5.92 Å². The monoisotopic (exact) mass is 480 g/mol. The number of fused-ring (bicyclic) bond motifs is 1. The Labute approximate surface area is 202 Å². The minimum Gasteiger partial charge on any atom is -0.378 e. The summed E-state index contributed by atoms with van der Waals surface area (Å²) in [6.07, 6.45) is 3.80. The molecule has 1 aromatic heterocycles. The second kappa shape index (κ2) is 9.30. The van der Waals surface area contributed by atoms with Gasteiger partial charge in [0.1, 0.15) is 5.82 Å². The van der Waals surface area contributed by atoms with E-state index >= 15 is 0 Å². The maximum Gasteiger partial charge on any atom is 0.256 e. The maximum absolute atomic E-state index is 13.8. The summed E-state index contributed by atoms with van der Waals surface area (Å²) in [5, 5.41) is 5.84. The molecule has 2 fully saturated rings. The first-order chi connectivity index (χ1) is 16.8. The molecule has 3 aliphatic rings. The zero-order valence-corrected chi connectivity index (χ0v) is 19.9. The Morgan fingerprint density at radius 2 is 1.97 bits per heavy atom. The van der Waals surface area contributed by atoms with Gasteiger partial charge in [-0.25, -0.2) is 4.39 Å². The number of aryl methyl sites for hydroxylation is 1. The molecule has 0 bridgehead atoms. The standard InChI is InChI=1S/C26H29FN4O4/c1-14-22(13-20-19-12-17(27)4-6-21(19)30-24(20)32)28-15(2)23(14)25(33)29-18-5-3-16(11-18)26(34)31-7-9-35-10-8-31/h4,6,12-13,16,18,28H,3,5,7-11H2,1-2H3,(H,29,33)(H,30,32)/t16-,18+/m0/s1. The van der Waals surface area contributed by atoms with Gasteiger partial charge in [-0.1, -0.05) is 0 Å². The average molecular weight is 481 g/mol. The number of ether oxygens (including phenoxy) is 1. The van der Waals surface area contributed by atoms with Gasteiger partial charge in [0.15, 0.2) is 0 Å². The molecule has 35 heavy (non-hydrogen) atoms. The fourth-order valence-electron chi connectivity index (χ4n) is 5.34. The molecule has 0 radical (unpaired) electrons. The van der Waals surface area contributed by atoms with Gasteiger partial charge in [0.25, 0.3) is 11.8 Å². The van der Waals surface area contributed by atoms with E-state index in [0.29, 0.717) is 72.1 Å². The number of nitrogens with one attached hydrogen (secondary N) is 3. The van der Waals surface area contributed by atoms with Gasteiger partial charge in [0, 0.05) is 47.7 Å². The normalized spacial score (nSPS) is 22.9. The lowest BCUT2D eigenvalue weighted by Crippen LogP contribution is -2.43. The number of carbonyl (C=O) groups is 3. The topological polar surface area (TPSA) is 104 Å².